The largest absolute Gasteiger partial charge is 0.310 e. The lowest BCUT2D eigenvalue weighted by Gasteiger charge is -2.30. The smallest absolute Gasteiger partial charge is 0.0619 e. The lowest BCUT2D eigenvalue weighted by Crippen LogP contribution is -2.12. The van der Waals surface area contributed by atoms with Gasteiger partial charge in [-0.15, -0.1) is 0 Å². The molecule has 324 valence electrons. The molecule has 3 nitrogen and oxygen atoms in total. The van der Waals surface area contributed by atoms with E-state index >= 15 is 0 Å². The van der Waals surface area contributed by atoms with E-state index in [1.807, 2.05) is 0 Å². The first-order chi connectivity index (χ1) is 34.3. The molecular formula is C66H45N3. The monoisotopic (exact) mass is 879 g/mol. The van der Waals surface area contributed by atoms with Crippen LogP contribution < -0.4 is 4.90 Å². The van der Waals surface area contributed by atoms with Crippen molar-refractivity contribution in [3.8, 4) is 55.9 Å². The average molecular weight is 880 g/mol. The normalized spacial score (nSPS) is 11.5. The number of hydrogen-bond donors (Lipinski definition) is 0. The molecule has 0 bridgehead atoms. The Bertz CT molecular complexity index is 4000. The van der Waals surface area contributed by atoms with Crippen molar-refractivity contribution in [2.45, 2.75) is 0 Å². The molecule has 2 aromatic heterocycles. The molecule has 0 saturated carbocycles. The number of fused-ring (bicyclic) bond motifs is 6. The number of para-hydroxylation sites is 5. The molecular weight excluding hydrogens is 835 g/mol. The molecule has 13 rings (SSSR count). The Hall–Kier alpha value is -9.18. The lowest BCUT2D eigenvalue weighted by atomic mass is 9.87. The second-order valence-electron chi connectivity index (χ2n) is 17.6. The van der Waals surface area contributed by atoms with E-state index in [0.29, 0.717) is 0 Å². The summed E-state index contributed by atoms with van der Waals surface area (Å²) in [6, 6.07) is 99.3. The van der Waals surface area contributed by atoms with Gasteiger partial charge in [0.25, 0.3) is 0 Å². The Morgan fingerprint density at radius 3 is 1.43 bits per heavy atom. The molecule has 3 heteroatoms. The average Bonchev–Trinajstić information content (AvgIpc) is 3.95. The van der Waals surface area contributed by atoms with Crippen molar-refractivity contribution in [1.29, 1.82) is 0 Å². The van der Waals surface area contributed by atoms with Gasteiger partial charge in [0.05, 0.1) is 27.8 Å². The van der Waals surface area contributed by atoms with Gasteiger partial charge in [-0.3, -0.25) is 0 Å². The summed E-state index contributed by atoms with van der Waals surface area (Å²) in [5.41, 5.74) is 19.4. The highest BCUT2D eigenvalue weighted by molar-refractivity contribution is 6.14. The van der Waals surface area contributed by atoms with Crippen LogP contribution in [0, 0.1) is 0 Å². The van der Waals surface area contributed by atoms with E-state index in [2.05, 4.69) is 287 Å². The molecule has 0 fully saturated rings. The maximum atomic E-state index is 2.49. The highest BCUT2D eigenvalue weighted by atomic mass is 15.1. The maximum absolute atomic E-state index is 2.49. The summed E-state index contributed by atoms with van der Waals surface area (Å²) in [5, 5.41) is 4.89. The number of benzene rings is 11. The Labute approximate surface area is 401 Å². The number of anilines is 3. The highest BCUT2D eigenvalue weighted by Crippen LogP contribution is 2.50. The van der Waals surface area contributed by atoms with Crippen LogP contribution in [0.4, 0.5) is 17.1 Å². The fourth-order valence-corrected chi connectivity index (χ4v) is 10.7. The Morgan fingerprint density at radius 2 is 0.725 bits per heavy atom. The minimum Gasteiger partial charge on any atom is -0.310 e. The molecule has 0 N–H and O–H groups in total. The number of aromatic nitrogens is 2. The molecule has 13 aromatic rings. The zero-order chi connectivity index (χ0) is 45.7. The van der Waals surface area contributed by atoms with Crippen LogP contribution in [0.25, 0.3) is 99.5 Å². The van der Waals surface area contributed by atoms with Crippen LogP contribution in [0.5, 0.6) is 0 Å². The minimum absolute atomic E-state index is 1.05. The molecule has 0 saturated heterocycles. The lowest BCUT2D eigenvalue weighted by molar-refractivity contribution is 1.18. The van der Waals surface area contributed by atoms with Crippen molar-refractivity contribution in [3.63, 3.8) is 0 Å². The molecule has 69 heavy (non-hydrogen) atoms. The summed E-state index contributed by atoms with van der Waals surface area (Å²) in [7, 11) is 0. The summed E-state index contributed by atoms with van der Waals surface area (Å²) in [6.45, 7) is 0. The van der Waals surface area contributed by atoms with E-state index in [0.717, 1.165) is 61.8 Å². The molecule has 0 unspecified atom stereocenters. The van der Waals surface area contributed by atoms with Gasteiger partial charge < -0.3 is 14.0 Å². The Morgan fingerprint density at radius 1 is 0.261 bits per heavy atom. The van der Waals surface area contributed by atoms with Gasteiger partial charge in [-0.25, -0.2) is 0 Å². The van der Waals surface area contributed by atoms with Crippen LogP contribution in [0.3, 0.4) is 0 Å². The van der Waals surface area contributed by atoms with Gasteiger partial charge >= 0.3 is 0 Å². The summed E-state index contributed by atoms with van der Waals surface area (Å²) in [6.07, 6.45) is 0. The van der Waals surface area contributed by atoms with Crippen molar-refractivity contribution in [3.05, 3.63) is 273 Å². The van der Waals surface area contributed by atoms with Gasteiger partial charge in [0, 0.05) is 55.4 Å². The SMILES string of the molecule is c1ccc(-c2ccccc2-c2c(-c3ccccc3)cccc2N(c2cccc(-c3cccc4c5ccccc5n(-c5ccccc5)c34)c2)c2ccc3c4ccccc4n(-c4ccccc4)c3c2)cc1. The van der Waals surface area contributed by atoms with Crippen LogP contribution in [-0.2, 0) is 0 Å². The maximum Gasteiger partial charge on any atom is 0.0619 e. The summed E-state index contributed by atoms with van der Waals surface area (Å²) in [5.74, 6) is 0. The summed E-state index contributed by atoms with van der Waals surface area (Å²) in [4.78, 5) is 2.49. The summed E-state index contributed by atoms with van der Waals surface area (Å²) < 4.78 is 4.85. The van der Waals surface area contributed by atoms with Crippen LogP contribution in [-0.4, -0.2) is 9.13 Å². The topological polar surface area (TPSA) is 13.1 Å². The predicted octanol–water partition coefficient (Wildman–Crippen LogP) is 18.0. The van der Waals surface area contributed by atoms with E-state index in [1.54, 1.807) is 0 Å². The van der Waals surface area contributed by atoms with Crippen LogP contribution >= 0.6 is 0 Å². The fraction of sp³-hybridized carbons (Fsp3) is 0. The quantitative estimate of drug-likeness (QED) is 0.141. The molecule has 0 spiro atoms. The second kappa shape index (κ2) is 16.9. The molecule has 2 heterocycles. The van der Waals surface area contributed by atoms with Crippen molar-refractivity contribution in [1.82, 2.24) is 9.13 Å². The fourth-order valence-electron chi connectivity index (χ4n) is 10.7. The zero-order valence-electron chi connectivity index (χ0n) is 37.8. The first kappa shape index (κ1) is 40.1. The second-order valence-corrected chi connectivity index (χ2v) is 17.6. The van der Waals surface area contributed by atoms with Gasteiger partial charge in [-0.2, -0.15) is 0 Å². The molecule has 0 atom stereocenters. The van der Waals surface area contributed by atoms with Gasteiger partial charge in [0.15, 0.2) is 0 Å². The van der Waals surface area contributed by atoms with E-state index < -0.39 is 0 Å². The Kier molecular flexibility index (Phi) is 9.84. The van der Waals surface area contributed by atoms with E-state index in [1.165, 1.54) is 54.8 Å². The molecule has 0 aliphatic heterocycles. The van der Waals surface area contributed by atoms with E-state index in [4.69, 9.17) is 0 Å². The van der Waals surface area contributed by atoms with Crippen molar-refractivity contribution < 1.29 is 0 Å². The predicted molar refractivity (Wildman–Crippen MR) is 292 cm³/mol. The number of nitrogens with zero attached hydrogens (tertiary/aromatic N) is 3. The zero-order valence-corrected chi connectivity index (χ0v) is 37.8. The van der Waals surface area contributed by atoms with Gasteiger partial charge in [-0.05, 0) is 100 Å². The van der Waals surface area contributed by atoms with Gasteiger partial charge in [-0.1, -0.05) is 206 Å². The van der Waals surface area contributed by atoms with Crippen LogP contribution in [0.15, 0.2) is 273 Å². The Balaban J connectivity index is 1.12. The third kappa shape index (κ3) is 6.82. The molecule has 11 aromatic carbocycles. The third-order valence-corrected chi connectivity index (χ3v) is 13.7. The van der Waals surface area contributed by atoms with Crippen molar-refractivity contribution >= 4 is 60.7 Å². The van der Waals surface area contributed by atoms with Crippen LogP contribution in [0.1, 0.15) is 0 Å². The van der Waals surface area contributed by atoms with E-state index in [9.17, 15) is 0 Å². The first-order valence-electron chi connectivity index (χ1n) is 23.7. The number of hydrogen-bond acceptors (Lipinski definition) is 1. The first-order valence-corrected chi connectivity index (χ1v) is 23.7. The summed E-state index contributed by atoms with van der Waals surface area (Å²) >= 11 is 0. The van der Waals surface area contributed by atoms with Gasteiger partial charge in [0.1, 0.15) is 0 Å². The molecule has 0 amide bonds. The van der Waals surface area contributed by atoms with Crippen molar-refractivity contribution in [2.24, 2.45) is 0 Å². The third-order valence-electron chi connectivity index (χ3n) is 13.7. The molecule has 0 aliphatic carbocycles. The van der Waals surface area contributed by atoms with Crippen LogP contribution in [0.2, 0.25) is 0 Å². The number of rotatable bonds is 9. The molecule has 0 aliphatic rings. The highest BCUT2D eigenvalue weighted by Gasteiger charge is 2.25. The minimum atomic E-state index is 1.05. The molecule has 0 radical (unpaired) electrons. The van der Waals surface area contributed by atoms with Gasteiger partial charge in [0.2, 0.25) is 0 Å². The van der Waals surface area contributed by atoms with Crippen molar-refractivity contribution in [2.75, 3.05) is 4.90 Å². The van der Waals surface area contributed by atoms with E-state index in [-0.39, 0.29) is 0 Å². The standard InChI is InChI=1S/C66H45N3/c1-5-22-46(23-6-1)53-32-13-14-35-59(53)65-54(47-24-7-2-8-25-47)36-21-41-63(65)67(52-42-43-58-56-33-15-17-39-61(56)68(64(58)45-52)49-27-9-3-10-28-49)51-31-19-26-48(44-51)55-37-20-38-60-57-34-16-18-40-62(57)69(66(55)60)50-29-11-4-12-30-50/h1-45H.